The molecule has 0 aliphatic heterocycles. The molecule has 0 fully saturated rings. The molecular weight excluding hydrogens is 222 g/mol. The Bertz CT molecular complexity index is 294. The lowest BCUT2D eigenvalue weighted by Crippen LogP contribution is -1.98. The van der Waals surface area contributed by atoms with Crippen molar-refractivity contribution in [1.29, 1.82) is 0 Å². The van der Waals surface area contributed by atoms with E-state index in [9.17, 15) is 0 Å². The van der Waals surface area contributed by atoms with Crippen LogP contribution in [0.25, 0.3) is 0 Å². The van der Waals surface area contributed by atoms with Crippen molar-refractivity contribution in [2.45, 2.75) is 84.6 Å². The van der Waals surface area contributed by atoms with Gasteiger partial charge in [-0.1, -0.05) is 64.0 Å². The predicted octanol–water partition coefficient (Wildman–Crippen LogP) is 4.37. The Morgan fingerprint density at radius 1 is 0.889 bits per heavy atom. The number of aromatic nitrogens is 3. The van der Waals surface area contributed by atoms with Gasteiger partial charge in [-0.25, -0.2) is 0 Å². The molecule has 0 radical (unpaired) electrons. The molecule has 3 nitrogen and oxygen atoms in total. The number of unbranched alkanes of at least 4 members (excludes halogenated alkanes) is 7. The fourth-order valence-corrected chi connectivity index (χ4v) is 2.17. The van der Waals surface area contributed by atoms with E-state index in [1.807, 2.05) is 4.68 Å². The van der Waals surface area contributed by atoms with Gasteiger partial charge < -0.3 is 0 Å². The SMILES string of the molecule is CCCCCCCCn1cc(CCCCC)nn1. The van der Waals surface area contributed by atoms with E-state index in [-0.39, 0.29) is 0 Å². The van der Waals surface area contributed by atoms with E-state index < -0.39 is 0 Å². The first-order valence-corrected chi connectivity index (χ1v) is 7.75. The van der Waals surface area contributed by atoms with Crippen LogP contribution in [0.15, 0.2) is 6.20 Å². The van der Waals surface area contributed by atoms with Crippen LogP contribution in [0.1, 0.15) is 77.3 Å². The van der Waals surface area contributed by atoms with Crippen molar-refractivity contribution in [1.82, 2.24) is 15.0 Å². The van der Waals surface area contributed by atoms with E-state index in [1.54, 1.807) is 0 Å². The molecule has 1 heterocycles. The third-order valence-corrected chi connectivity index (χ3v) is 3.36. The molecule has 1 aromatic heterocycles. The molecule has 0 aliphatic rings. The smallest absolute Gasteiger partial charge is 0.0827 e. The fourth-order valence-electron chi connectivity index (χ4n) is 2.17. The maximum Gasteiger partial charge on any atom is 0.0827 e. The van der Waals surface area contributed by atoms with Gasteiger partial charge in [-0.05, 0) is 19.3 Å². The Labute approximate surface area is 112 Å². The monoisotopic (exact) mass is 251 g/mol. The molecule has 0 unspecified atom stereocenters. The second-order valence-electron chi connectivity index (χ2n) is 5.20. The minimum atomic E-state index is 1.03. The van der Waals surface area contributed by atoms with Crippen LogP contribution in [0.2, 0.25) is 0 Å². The largest absolute Gasteiger partial charge is 0.252 e. The van der Waals surface area contributed by atoms with Gasteiger partial charge in [0.1, 0.15) is 0 Å². The lowest BCUT2D eigenvalue weighted by molar-refractivity contribution is 0.516. The third-order valence-electron chi connectivity index (χ3n) is 3.36. The zero-order valence-corrected chi connectivity index (χ0v) is 12.2. The average molecular weight is 251 g/mol. The molecule has 0 aromatic carbocycles. The summed E-state index contributed by atoms with van der Waals surface area (Å²) in [6.07, 6.45) is 15.0. The predicted molar refractivity (Wildman–Crippen MR) is 76.6 cm³/mol. The van der Waals surface area contributed by atoms with Crippen LogP contribution in [0.4, 0.5) is 0 Å². The minimum absolute atomic E-state index is 1.03. The molecular formula is C15H29N3. The zero-order chi connectivity index (χ0) is 13.1. The Hall–Kier alpha value is -0.860. The molecule has 0 atom stereocenters. The van der Waals surface area contributed by atoms with Gasteiger partial charge in [0.15, 0.2) is 0 Å². The van der Waals surface area contributed by atoms with Crippen LogP contribution in [0.5, 0.6) is 0 Å². The highest BCUT2D eigenvalue weighted by atomic mass is 15.4. The maximum absolute atomic E-state index is 4.23. The molecule has 0 amide bonds. The van der Waals surface area contributed by atoms with Crippen LogP contribution in [0, 0.1) is 0 Å². The summed E-state index contributed by atoms with van der Waals surface area (Å²) in [4.78, 5) is 0. The first-order chi connectivity index (χ1) is 8.86. The van der Waals surface area contributed by atoms with Gasteiger partial charge in [-0.15, -0.1) is 5.10 Å². The van der Waals surface area contributed by atoms with E-state index in [4.69, 9.17) is 0 Å². The molecule has 18 heavy (non-hydrogen) atoms. The van der Waals surface area contributed by atoms with Crippen LogP contribution >= 0.6 is 0 Å². The van der Waals surface area contributed by atoms with Gasteiger partial charge >= 0.3 is 0 Å². The Morgan fingerprint density at radius 2 is 1.56 bits per heavy atom. The highest BCUT2D eigenvalue weighted by Crippen LogP contribution is 2.07. The lowest BCUT2D eigenvalue weighted by atomic mass is 10.1. The summed E-state index contributed by atoms with van der Waals surface area (Å²) < 4.78 is 2.01. The zero-order valence-electron chi connectivity index (χ0n) is 12.2. The first kappa shape index (κ1) is 15.2. The summed E-state index contributed by atoms with van der Waals surface area (Å²) in [7, 11) is 0. The summed E-state index contributed by atoms with van der Waals surface area (Å²) in [5.74, 6) is 0. The average Bonchev–Trinajstić information content (AvgIpc) is 2.82. The van der Waals surface area contributed by atoms with Crippen LogP contribution in [0.3, 0.4) is 0 Å². The summed E-state index contributed by atoms with van der Waals surface area (Å²) in [5.41, 5.74) is 1.16. The normalized spacial score (nSPS) is 11.0. The van der Waals surface area contributed by atoms with Gasteiger partial charge in [0.2, 0.25) is 0 Å². The van der Waals surface area contributed by atoms with Crippen molar-refractivity contribution >= 4 is 0 Å². The highest BCUT2D eigenvalue weighted by Gasteiger charge is 2.00. The van der Waals surface area contributed by atoms with E-state index in [2.05, 4.69) is 30.4 Å². The van der Waals surface area contributed by atoms with E-state index in [0.717, 1.165) is 18.7 Å². The molecule has 104 valence electrons. The van der Waals surface area contributed by atoms with Crippen molar-refractivity contribution in [3.05, 3.63) is 11.9 Å². The topological polar surface area (TPSA) is 30.7 Å². The van der Waals surface area contributed by atoms with Crippen molar-refractivity contribution in [2.75, 3.05) is 0 Å². The molecule has 3 heteroatoms. The first-order valence-electron chi connectivity index (χ1n) is 7.75. The number of hydrogen-bond donors (Lipinski definition) is 0. The van der Waals surface area contributed by atoms with Crippen molar-refractivity contribution in [3.8, 4) is 0 Å². The molecule has 0 saturated carbocycles. The lowest BCUT2D eigenvalue weighted by Gasteiger charge is -2.00. The van der Waals surface area contributed by atoms with Crippen molar-refractivity contribution in [3.63, 3.8) is 0 Å². The minimum Gasteiger partial charge on any atom is -0.252 e. The standard InChI is InChI=1S/C15H29N3/c1-3-5-7-8-9-11-13-18-14-15(16-17-18)12-10-6-4-2/h14H,3-13H2,1-2H3. The Morgan fingerprint density at radius 3 is 2.33 bits per heavy atom. The van der Waals surface area contributed by atoms with E-state index in [1.165, 1.54) is 57.8 Å². The van der Waals surface area contributed by atoms with Crippen molar-refractivity contribution < 1.29 is 0 Å². The van der Waals surface area contributed by atoms with Crippen molar-refractivity contribution in [2.24, 2.45) is 0 Å². The van der Waals surface area contributed by atoms with Crippen LogP contribution in [-0.2, 0) is 13.0 Å². The number of nitrogens with zero attached hydrogens (tertiary/aromatic N) is 3. The summed E-state index contributed by atoms with van der Waals surface area (Å²) in [6, 6.07) is 0. The second kappa shape index (κ2) is 10.1. The number of rotatable bonds is 11. The van der Waals surface area contributed by atoms with Crippen LogP contribution < -0.4 is 0 Å². The van der Waals surface area contributed by atoms with E-state index >= 15 is 0 Å². The Balaban J connectivity index is 2.07. The second-order valence-corrected chi connectivity index (χ2v) is 5.20. The van der Waals surface area contributed by atoms with Gasteiger partial charge in [-0.3, -0.25) is 4.68 Å². The molecule has 0 aliphatic carbocycles. The molecule has 0 saturated heterocycles. The maximum atomic E-state index is 4.23. The highest BCUT2D eigenvalue weighted by molar-refractivity contribution is 4.92. The quantitative estimate of drug-likeness (QED) is 0.547. The molecule has 0 spiro atoms. The van der Waals surface area contributed by atoms with E-state index in [0.29, 0.717) is 0 Å². The molecule has 0 bridgehead atoms. The number of aryl methyl sites for hydroxylation is 2. The van der Waals surface area contributed by atoms with Gasteiger partial charge in [-0.2, -0.15) is 0 Å². The van der Waals surface area contributed by atoms with Gasteiger partial charge in [0.05, 0.1) is 5.69 Å². The third kappa shape index (κ3) is 6.77. The summed E-state index contributed by atoms with van der Waals surface area (Å²) in [5, 5.41) is 8.42. The Kier molecular flexibility index (Phi) is 8.53. The van der Waals surface area contributed by atoms with Crippen LogP contribution in [-0.4, -0.2) is 15.0 Å². The molecule has 0 N–H and O–H groups in total. The summed E-state index contributed by atoms with van der Waals surface area (Å²) in [6.45, 7) is 5.53. The molecule has 1 rings (SSSR count). The van der Waals surface area contributed by atoms with Gasteiger partial charge in [0.25, 0.3) is 0 Å². The van der Waals surface area contributed by atoms with Gasteiger partial charge in [0, 0.05) is 12.7 Å². The summed E-state index contributed by atoms with van der Waals surface area (Å²) >= 11 is 0. The molecule has 1 aromatic rings. The number of hydrogen-bond acceptors (Lipinski definition) is 2. The fraction of sp³-hybridized carbons (Fsp3) is 0.867.